The van der Waals surface area contributed by atoms with Gasteiger partial charge in [0.05, 0.1) is 0 Å². The summed E-state index contributed by atoms with van der Waals surface area (Å²) < 4.78 is 0. The van der Waals surface area contributed by atoms with Crippen LogP contribution in [0.5, 0.6) is 0 Å². The van der Waals surface area contributed by atoms with E-state index in [0.717, 1.165) is 18.2 Å². The Kier molecular flexibility index (Phi) is 4.01. The minimum absolute atomic E-state index is 0.0932. The van der Waals surface area contributed by atoms with Crippen molar-refractivity contribution in [2.75, 3.05) is 32.1 Å². The Morgan fingerprint density at radius 3 is 2.94 bits per heavy atom. The minimum atomic E-state index is 0.0932. The van der Waals surface area contributed by atoms with Crippen molar-refractivity contribution in [3.05, 3.63) is 11.1 Å². The summed E-state index contributed by atoms with van der Waals surface area (Å²) in [5.41, 5.74) is 5.88. The molecule has 5 heteroatoms. The van der Waals surface area contributed by atoms with Crippen LogP contribution in [-0.4, -0.2) is 43.1 Å². The second kappa shape index (κ2) is 5.33. The normalized spacial score (nSPS) is 23.1. The average molecular weight is 254 g/mol. The first kappa shape index (κ1) is 12.8. The summed E-state index contributed by atoms with van der Waals surface area (Å²) in [6, 6.07) is 0.738. The number of hydrogen-bond acceptors (Lipinski definition) is 5. The van der Waals surface area contributed by atoms with E-state index in [4.69, 9.17) is 5.73 Å². The maximum Gasteiger partial charge on any atom is 0.185 e. The molecule has 0 saturated carbocycles. The number of nitrogens with two attached hydrogens (primary N) is 1. The van der Waals surface area contributed by atoms with Crippen molar-refractivity contribution in [3.63, 3.8) is 0 Å². The van der Waals surface area contributed by atoms with Crippen LogP contribution in [0, 0.1) is 0 Å². The summed E-state index contributed by atoms with van der Waals surface area (Å²) in [5.74, 6) is 0. The molecular formula is C12H22N4S. The largest absolute Gasteiger partial charge is 0.347 e. The van der Waals surface area contributed by atoms with E-state index >= 15 is 0 Å². The summed E-state index contributed by atoms with van der Waals surface area (Å²) in [7, 11) is 4.31. The maximum absolute atomic E-state index is 5.88. The Morgan fingerprint density at radius 2 is 2.35 bits per heavy atom. The minimum Gasteiger partial charge on any atom is -0.347 e. The molecule has 1 saturated heterocycles. The number of nitrogens with zero attached hydrogens (tertiary/aromatic N) is 3. The van der Waals surface area contributed by atoms with Gasteiger partial charge in [0.1, 0.15) is 0 Å². The zero-order chi connectivity index (χ0) is 12.4. The Bertz CT molecular complexity index is 361. The molecule has 0 bridgehead atoms. The van der Waals surface area contributed by atoms with Gasteiger partial charge in [0, 0.05) is 36.2 Å². The molecule has 2 atom stereocenters. The van der Waals surface area contributed by atoms with Gasteiger partial charge in [0.15, 0.2) is 5.13 Å². The summed E-state index contributed by atoms with van der Waals surface area (Å²) in [6.07, 6.45) is 4.45. The van der Waals surface area contributed by atoms with E-state index in [2.05, 4.69) is 28.9 Å². The zero-order valence-electron chi connectivity index (χ0n) is 10.9. The molecule has 0 spiro atoms. The van der Waals surface area contributed by atoms with E-state index in [-0.39, 0.29) is 6.04 Å². The molecule has 2 N–H and O–H groups in total. The van der Waals surface area contributed by atoms with Crippen LogP contribution >= 0.6 is 11.3 Å². The average Bonchev–Trinajstić information content (AvgIpc) is 2.78. The molecule has 1 fully saturated rings. The first-order chi connectivity index (χ1) is 8.08. The molecule has 4 nitrogen and oxygen atoms in total. The molecule has 2 rings (SSSR count). The Hall–Kier alpha value is -0.650. The second-order valence-corrected chi connectivity index (χ2v) is 6.08. The van der Waals surface area contributed by atoms with Crippen LogP contribution in [0.1, 0.15) is 30.7 Å². The highest BCUT2D eigenvalue weighted by Gasteiger charge is 2.23. The van der Waals surface area contributed by atoms with E-state index in [0.29, 0.717) is 6.04 Å². The number of anilines is 1. The molecule has 1 aromatic rings. The highest BCUT2D eigenvalue weighted by molar-refractivity contribution is 7.15. The first-order valence-corrected chi connectivity index (χ1v) is 7.02. The molecule has 1 aliphatic rings. The predicted octanol–water partition coefficient (Wildman–Crippen LogP) is 1.69. The van der Waals surface area contributed by atoms with Crippen molar-refractivity contribution in [3.8, 4) is 0 Å². The van der Waals surface area contributed by atoms with Gasteiger partial charge < -0.3 is 15.5 Å². The van der Waals surface area contributed by atoms with Crippen molar-refractivity contribution >= 4 is 16.5 Å². The van der Waals surface area contributed by atoms with E-state index in [1.165, 1.54) is 17.7 Å². The van der Waals surface area contributed by atoms with Crippen molar-refractivity contribution in [2.24, 2.45) is 5.73 Å². The van der Waals surface area contributed by atoms with E-state index in [9.17, 15) is 0 Å². The standard InChI is InChI=1S/C12H22N4S/c1-9(13)11-7-14-12(17-11)16-6-4-5-10(8-16)15(2)3/h7,9-10H,4-6,8,13H2,1-3H3. The van der Waals surface area contributed by atoms with E-state index in [1.807, 2.05) is 13.1 Å². The van der Waals surface area contributed by atoms with Crippen LogP contribution in [-0.2, 0) is 0 Å². The molecule has 0 aromatic carbocycles. The quantitative estimate of drug-likeness (QED) is 0.891. The van der Waals surface area contributed by atoms with Gasteiger partial charge in [-0.2, -0.15) is 0 Å². The predicted molar refractivity (Wildman–Crippen MR) is 73.6 cm³/mol. The van der Waals surface area contributed by atoms with Gasteiger partial charge in [-0.15, -0.1) is 11.3 Å². The van der Waals surface area contributed by atoms with Crippen molar-refractivity contribution in [1.29, 1.82) is 0 Å². The number of hydrogen-bond donors (Lipinski definition) is 1. The number of piperidine rings is 1. The second-order valence-electron chi connectivity index (χ2n) is 5.04. The summed E-state index contributed by atoms with van der Waals surface area (Å²) in [4.78, 5) is 10.4. The fourth-order valence-corrected chi connectivity index (χ4v) is 3.09. The lowest BCUT2D eigenvalue weighted by molar-refractivity contribution is 0.258. The third kappa shape index (κ3) is 2.97. The fraction of sp³-hybridized carbons (Fsp3) is 0.750. The number of aromatic nitrogens is 1. The maximum atomic E-state index is 5.88. The number of thiazole rings is 1. The molecule has 17 heavy (non-hydrogen) atoms. The van der Waals surface area contributed by atoms with Crippen molar-refractivity contribution < 1.29 is 0 Å². The SMILES string of the molecule is CC(N)c1cnc(N2CCCC(N(C)C)C2)s1. The zero-order valence-corrected chi connectivity index (χ0v) is 11.7. The molecule has 1 aliphatic heterocycles. The van der Waals surface area contributed by atoms with Crippen LogP contribution in [0.15, 0.2) is 6.20 Å². The van der Waals surface area contributed by atoms with Gasteiger partial charge >= 0.3 is 0 Å². The van der Waals surface area contributed by atoms with Crippen LogP contribution in [0.3, 0.4) is 0 Å². The lowest BCUT2D eigenvalue weighted by atomic mass is 10.1. The monoisotopic (exact) mass is 254 g/mol. The summed E-state index contributed by atoms with van der Waals surface area (Å²) in [6.45, 7) is 4.21. The molecule has 0 aliphatic carbocycles. The molecule has 1 aromatic heterocycles. The first-order valence-electron chi connectivity index (χ1n) is 6.20. The smallest absolute Gasteiger partial charge is 0.185 e. The van der Waals surface area contributed by atoms with Crippen LogP contribution in [0.4, 0.5) is 5.13 Å². The van der Waals surface area contributed by atoms with Crippen LogP contribution in [0.25, 0.3) is 0 Å². The number of likely N-dealkylation sites (N-methyl/N-ethyl adjacent to an activating group) is 1. The molecule has 0 amide bonds. The van der Waals surface area contributed by atoms with Gasteiger partial charge in [-0.3, -0.25) is 0 Å². The molecular weight excluding hydrogens is 232 g/mol. The van der Waals surface area contributed by atoms with Crippen LogP contribution < -0.4 is 10.6 Å². The Labute approximate surface area is 107 Å². The third-order valence-electron chi connectivity index (χ3n) is 3.36. The molecule has 96 valence electrons. The van der Waals surface area contributed by atoms with Gasteiger partial charge in [-0.25, -0.2) is 4.98 Å². The van der Waals surface area contributed by atoms with Gasteiger partial charge in [-0.1, -0.05) is 0 Å². The van der Waals surface area contributed by atoms with E-state index < -0.39 is 0 Å². The topological polar surface area (TPSA) is 45.4 Å². The van der Waals surface area contributed by atoms with Crippen molar-refractivity contribution in [1.82, 2.24) is 9.88 Å². The molecule has 2 unspecified atom stereocenters. The summed E-state index contributed by atoms with van der Waals surface area (Å²) in [5, 5.41) is 1.13. The lowest BCUT2D eigenvalue weighted by Crippen LogP contribution is -2.45. The fourth-order valence-electron chi connectivity index (χ4n) is 2.18. The molecule has 0 radical (unpaired) electrons. The number of rotatable bonds is 3. The molecule has 2 heterocycles. The van der Waals surface area contributed by atoms with Crippen molar-refractivity contribution in [2.45, 2.75) is 31.8 Å². The highest BCUT2D eigenvalue weighted by Crippen LogP contribution is 2.28. The van der Waals surface area contributed by atoms with Gasteiger partial charge in [-0.05, 0) is 33.9 Å². The lowest BCUT2D eigenvalue weighted by Gasteiger charge is -2.35. The van der Waals surface area contributed by atoms with Gasteiger partial charge in [0.25, 0.3) is 0 Å². The summed E-state index contributed by atoms with van der Waals surface area (Å²) >= 11 is 1.73. The van der Waals surface area contributed by atoms with Gasteiger partial charge in [0.2, 0.25) is 0 Å². The Balaban J connectivity index is 2.05. The van der Waals surface area contributed by atoms with E-state index in [1.54, 1.807) is 11.3 Å². The highest BCUT2D eigenvalue weighted by atomic mass is 32.1. The Morgan fingerprint density at radius 1 is 1.59 bits per heavy atom. The van der Waals surface area contributed by atoms with Crippen LogP contribution in [0.2, 0.25) is 0 Å². The third-order valence-corrected chi connectivity index (χ3v) is 4.62.